The number of nitrogens with zero attached hydrogens (tertiary/aromatic N) is 5. The Morgan fingerprint density at radius 2 is 2.46 bits per heavy atom. The van der Waals surface area contributed by atoms with Crippen molar-refractivity contribution in [3.8, 4) is 6.07 Å². The molecule has 1 saturated heterocycles. The lowest BCUT2D eigenvalue weighted by molar-refractivity contribution is -0.117. The average molecular weight is 343 g/mol. The summed E-state index contributed by atoms with van der Waals surface area (Å²) in [5.41, 5.74) is 2.13. The Hall–Kier alpha value is -2.57. The van der Waals surface area contributed by atoms with Crippen molar-refractivity contribution in [1.82, 2.24) is 20.1 Å². The maximum atomic E-state index is 12.0. The highest BCUT2D eigenvalue weighted by molar-refractivity contribution is 7.13. The topological polar surface area (TPSA) is 107 Å². The first-order chi connectivity index (χ1) is 11.7. The third-order valence-corrected chi connectivity index (χ3v) is 4.44. The average Bonchev–Trinajstić information content (AvgIpc) is 3.25. The molecule has 0 saturated carbocycles. The lowest BCUT2D eigenvalue weighted by Crippen LogP contribution is -2.32. The van der Waals surface area contributed by atoms with E-state index in [1.54, 1.807) is 23.8 Å². The molecule has 1 atom stereocenters. The first-order valence-corrected chi connectivity index (χ1v) is 8.50. The van der Waals surface area contributed by atoms with Crippen molar-refractivity contribution in [1.29, 1.82) is 5.26 Å². The fourth-order valence-electron chi connectivity index (χ4n) is 2.69. The molecule has 2 N–H and O–H groups in total. The Bertz CT molecular complexity index is 728. The molecule has 1 fully saturated rings. The highest BCUT2D eigenvalue weighted by Gasteiger charge is 2.24. The number of carbonyl (C=O) groups is 1. The molecule has 3 heterocycles. The number of amides is 1. The van der Waals surface area contributed by atoms with Crippen LogP contribution in [0, 0.1) is 17.2 Å². The second-order valence-corrected chi connectivity index (χ2v) is 6.41. The van der Waals surface area contributed by atoms with Crippen LogP contribution in [0.3, 0.4) is 0 Å². The summed E-state index contributed by atoms with van der Waals surface area (Å²) in [6.45, 7) is 2.80. The second kappa shape index (κ2) is 7.81. The number of rotatable bonds is 6. The molecular weight excluding hydrogens is 326 g/mol. The number of nitriles is 1. The lowest BCUT2D eigenvalue weighted by atomic mass is 10.1. The highest BCUT2D eigenvalue weighted by Crippen LogP contribution is 2.18. The molecule has 9 heteroatoms. The first kappa shape index (κ1) is 16.3. The van der Waals surface area contributed by atoms with Crippen molar-refractivity contribution in [2.24, 2.45) is 5.92 Å². The Morgan fingerprint density at radius 3 is 3.25 bits per heavy atom. The van der Waals surface area contributed by atoms with Gasteiger partial charge in [-0.15, -0.1) is 10.2 Å². The van der Waals surface area contributed by atoms with Crippen molar-refractivity contribution in [3.05, 3.63) is 29.4 Å². The van der Waals surface area contributed by atoms with Crippen molar-refractivity contribution < 1.29 is 4.79 Å². The van der Waals surface area contributed by atoms with E-state index in [1.165, 1.54) is 11.3 Å². The van der Waals surface area contributed by atoms with Gasteiger partial charge in [0.2, 0.25) is 11.0 Å². The zero-order valence-electron chi connectivity index (χ0n) is 13.0. The molecule has 0 aliphatic carbocycles. The van der Waals surface area contributed by atoms with Gasteiger partial charge in [0.15, 0.2) is 0 Å². The van der Waals surface area contributed by atoms with Crippen molar-refractivity contribution >= 4 is 28.2 Å². The maximum absolute atomic E-state index is 12.0. The summed E-state index contributed by atoms with van der Waals surface area (Å²) in [7, 11) is 0. The zero-order chi connectivity index (χ0) is 16.8. The Morgan fingerprint density at radius 1 is 1.54 bits per heavy atom. The van der Waals surface area contributed by atoms with E-state index in [0.29, 0.717) is 29.0 Å². The van der Waals surface area contributed by atoms with Crippen LogP contribution in [0.5, 0.6) is 0 Å². The predicted molar refractivity (Wildman–Crippen MR) is 90.5 cm³/mol. The minimum absolute atomic E-state index is 0.0724. The number of hydrogen-bond donors (Lipinski definition) is 2. The largest absolute Gasteiger partial charge is 0.369 e. The lowest BCUT2D eigenvalue weighted by Gasteiger charge is -2.15. The minimum atomic E-state index is -0.0724. The summed E-state index contributed by atoms with van der Waals surface area (Å²) in [6.07, 6.45) is 2.68. The molecule has 24 heavy (non-hydrogen) atoms. The quantitative estimate of drug-likeness (QED) is 0.811. The summed E-state index contributed by atoms with van der Waals surface area (Å²) in [6, 6.07) is 5.62. The second-order valence-electron chi connectivity index (χ2n) is 5.57. The van der Waals surface area contributed by atoms with Gasteiger partial charge in [0.05, 0.1) is 12.1 Å². The van der Waals surface area contributed by atoms with Crippen LogP contribution in [0.25, 0.3) is 0 Å². The molecule has 0 bridgehead atoms. The van der Waals surface area contributed by atoms with Gasteiger partial charge in [-0.1, -0.05) is 11.3 Å². The predicted octanol–water partition coefficient (Wildman–Crippen LogP) is 1.18. The highest BCUT2D eigenvalue weighted by atomic mass is 32.1. The van der Waals surface area contributed by atoms with E-state index in [9.17, 15) is 4.79 Å². The number of pyridine rings is 1. The van der Waals surface area contributed by atoms with Gasteiger partial charge in [0.1, 0.15) is 17.4 Å². The number of carbonyl (C=O) groups excluding carboxylic acids is 1. The summed E-state index contributed by atoms with van der Waals surface area (Å²) < 4.78 is 0. The van der Waals surface area contributed by atoms with Crippen molar-refractivity contribution in [3.63, 3.8) is 0 Å². The van der Waals surface area contributed by atoms with E-state index in [-0.39, 0.29) is 5.91 Å². The Kier molecular flexibility index (Phi) is 5.30. The molecule has 2 aromatic rings. The zero-order valence-corrected chi connectivity index (χ0v) is 13.8. The van der Waals surface area contributed by atoms with E-state index < -0.39 is 0 Å². The molecule has 0 radical (unpaired) electrons. The van der Waals surface area contributed by atoms with Crippen molar-refractivity contribution in [2.45, 2.75) is 6.42 Å². The monoisotopic (exact) mass is 343 g/mol. The van der Waals surface area contributed by atoms with Gasteiger partial charge in [-0.3, -0.25) is 15.0 Å². The normalized spacial score (nSPS) is 17.4. The molecule has 1 amide bonds. The van der Waals surface area contributed by atoms with Gasteiger partial charge in [0.25, 0.3) is 0 Å². The van der Waals surface area contributed by atoms with Crippen LogP contribution in [0.1, 0.15) is 12.0 Å². The van der Waals surface area contributed by atoms with Crippen molar-refractivity contribution in [2.75, 3.05) is 36.8 Å². The van der Waals surface area contributed by atoms with E-state index in [4.69, 9.17) is 5.26 Å². The van der Waals surface area contributed by atoms with Gasteiger partial charge >= 0.3 is 0 Å². The fourth-order valence-corrected chi connectivity index (χ4v) is 3.15. The SMILES string of the molecule is N#Cc1cccnc1NC[C@@H]1CCN(CC(=O)Nc2nncs2)C1. The van der Waals surface area contributed by atoms with Gasteiger partial charge in [0, 0.05) is 19.3 Å². The van der Waals surface area contributed by atoms with Crippen LogP contribution in [0.4, 0.5) is 10.9 Å². The molecule has 1 aliphatic heterocycles. The standard InChI is InChI=1S/C15H17N7OS/c16-6-12-2-1-4-17-14(12)18-7-11-3-5-22(8-11)9-13(23)20-15-21-19-10-24-15/h1-2,4,10-11H,3,5,7-9H2,(H,17,18)(H,20,21,23)/t11-/m0/s1. The smallest absolute Gasteiger partial charge is 0.240 e. The Labute approximate surface area is 143 Å². The molecule has 3 rings (SSSR count). The van der Waals surface area contributed by atoms with E-state index in [0.717, 1.165) is 26.1 Å². The molecule has 1 aliphatic rings. The third-order valence-electron chi connectivity index (χ3n) is 3.83. The van der Waals surface area contributed by atoms with Crippen LogP contribution in [-0.4, -0.2) is 52.2 Å². The van der Waals surface area contributed by atoms with E-state index in [2.05, 4.69) is 36.8 Å². The Balaban J connectivity index is 1.44. The number of aromatic nitrogens is 3. The first-order valence-electron chi connectivity index (χ1n) is 7.62. The van der Waals surface area contributed by atoms with Gasteiger partial charge in [-0.25, -0.2) is 4.98 Å². The number of anilines is 2. The van der Waals surface area contributed by atoms with Crippen LogP contribution in [-0.2, 0) is 4.79 Å². The molecule has 0 spiro atoms. The van der Waals surface area contributed by atoms with Crippen LogP contribution < -0.4 is 10.6 Å². The number of nitrogens with one attached hydrogen (secondary N) is 2. The van der Waals surface area contributed by atoms with Gasteiger partial charge < -0.3 is 5.32 Å². The fraction of sp³-hybridized carbons (Fsp3) is 0.400. The molecular formula is C15H17N7OS. The molecule has 0 unspecified atom stereocenters. The van der Waals surface area contributed by atoms with E-state index in [1.807, 2.05) is 0 Å². The molecule has 0 aromatic carbocycles. The summed E-state index contributed by atoms with van der Waals surface area (Å²) >= 11 is 1.30. The third kappa shape index (κ3) is 4.24. The van der Waals surface area contributed by atoms with E-state index >= 15 is 0 Å². The van der Waals surface area contributed by atoms with Gasteiger partial charge in [-0.05, 0) is 31.0 Å². The molecule has 124 valence electrons. The summed E-state index contributed by atoms with van der Waals surface area (Å²) in [5.74, 6) is 0.970. The summed E-state index contributed by atoms with van der Waals surface area (Å²) in [4.78, 5) is 18.3. The maximum Gasteiger partial charge on any atom is 0.240 e. The molecule has 8 nitrogen and oxygen atoms in total. The van der Waals surface area contributed by atoms with Crippen LogP contribution >= 0.6 is 11.3 Å². The van der Waals surface area contributed by atoms with Gasteiger partial charge in [-0.2, -0.15) is 5.26 Å². The number of hydrogen-bond acceptors (Lipinski definition) is 8. The minimum Gasteiger partial charge on any atom is -0.369 e. The summed E-state index contributed by atoms with van der Waals surface area (Å²) in [5, 5.41) is 23.1. The number of likely N-dealkylation sites (tertiary alicyclic amines) is 1. The van der Waals surface area contributed by atoms with Crippen LogP contribution in [0.2, 0.25) is 0 Å². The molecule has 2 aromatic heterocycles. The van der Waals surface area contributed by atoms with Crippen LogP contribution in [0.15, 0.2) is 23.8 Å².